The molecule has 0 bridgehead atoms. The fraction of sp³-hybridized carbons (Fsp3) is 0. The fourth-order valence-electron chi connectivity index (χ4n) is 1.71. The minimum absolute atomic E-state index is 0. The Morgan fingerprint density at radius 1 is 0.947 bits per heavy atom. The fourth-order valence-corrected chi connectivity index (χ4v) is 1.71. The second-order valence-corrected chi connectivity index (χ2v) is 3.72. The van der Waals surface area contributed by atoms with Crippen molar-refractivity contribution in [2.75, 3.05) is 0 Å². The maximum Gasteiger partial charge on any atom is 1.00 e. The minimum Gasteiger partial charge on any atom is -0.545 e. The zero-order valence-corrected chi connectivity index (χ0v) is 12.3. The van der Waals surface area contributed by atoms with Crippen molar-refractivity contribution in [2.45, 2.75) is 0 Å². The SMILES string of the molecule is O=C(O)c1ccc(-c2ccccc2C(=O)[O-])cc1.[Na+]. The molecular weight excluding hydrogens is 255 g/mol. The zero-order chi connectivity index (χ0) is 13.1. The van der Waals surface area contributed by atoms with Gasteiger partial charge in [0, 0.05) is 5.56 Å². The second-order valence-electron chi connectivity index (χ2n) is 3.72. The molecule has 0 amide bonds. The van der Waals surface area contributed by atoms with Gasteiger partial charge in [0.15, 0.2) is 0 Å². The molecule has 0 aromatic heterocycles. The molecule has 0 spiro atoms. The van der Waals surface area contributed by atoms with Crippen LogP contribution in [0.2, 0.25) is 0 Å². The number of hydrogen-bond acceptors (Lipinski definition) is 3. The number of carbonyl (C=O) groups excluding carboxylic acids is 1. The average Bonchev–Trinajstić information content (AvgIpc) is 2.39. The molecule has 0 fully saturated rings. The largest absolute Gasteiger partial charge is 1.00 e. The molecule has 4 nitrogen and oxygen atoms in total. The standard InChI is InChI=1S/C14H10O4.Na/c15-13(16)10-7-5-9(6-8-10)11-3-1-2-4-12(11)14(17)18;/h1-8H,(H,15,16)(H,17,18);/q;+1/p-1. The molecule has 1 N–H and O–H groups in total. The molecular formula is C14H9NaO4. The first-order chi connectivity index (χ1) is 8.59. The van der Waals surface area contributed by atoms with Crippen LogP contribution in [0.4, 0.5) is 0 Å². The molecule has 19 heavy (non-hydrogen) atoms. The molecule has 0 atom stereocenters. The van der Waals surface area contributed by atoms with E-state index in [0.717, 1.165) is 0 Å². The summed E-state index contributed by atoms with van der Waals surface area (Å²) in [4.78, 5) is 21.7. The molecule has 0 saturated carbocycles. The predicted octanol–water partition coefficient (Wildman–Crippen LogP) is -1.58. The van der Waals surface area contributed by atoms with Gasteiger partial charge in [-0.25, -0.2) is 4.79 Å². The monoisotopic (exact) mass is 264 g/mol. The van der Waals surface area contributed by atoms with Crippen LogP contribution in [-0.4, -0.2) is 17.0 Å². The van der Waals surface area contributed by atoms with Crippen LogP contribution >= 0.6 is 0 Å². The summed E-state index contributed by atoms with van der Waals surface area (Å²) < 4.78 is 0. The predicted molar refractivity (Wildman–Crippen MR) is 63.2 cm³/mol. The van der Waals surface area contributed by atoms with E-state index in [0.29, 0.717) is 11.1 Å². The zero-order valence-electron chi connectivity index (χ0n) is 10.3. The molecule has 0 radical (unpaired) electrons. The number of carboxylic acids is 2. The van der Waals surface area contributed by atoms with E-state index < -0.39 is 11.9 Å². The number of hydrogen-bond donors (Lipinski definition) is 1. The van der Waals surface area contributed by atoms with E-state index >= 15 is 0 Å². The summed E-state index contributed by atoms with van der Waals surface area (Å²) in [6, 6.07) is 12.5. The summed E-state index contributed by atoms with van der Waals surface area (Å²) in [5, 5.41) is 19.7. The van der Waals surface area contributed by atoms with E-state index in [9.17, 15) is 14.7 Å². The van der Waals surface area contributed by atoms with Gasteiger partial charge < -0.3 is 15.0 Å². The van der Waals surface area contributed by atoms with Crippen molar-refractivity contribution in [1.29, 1.82) is 0 Å². The van der Waals surface area contributed by atoms with Crippen LogP contribution in [0, 0.1) is 0 Å². The Bertz CT molecular complexity index is 605. The maximum absolute atomic E-state index is 11.0. The number of rotatable bonds is 3. The molecule has 0 heterocycles. The Morgan fingerprint density at radius 3 is 2.05 bits per heavy atom. The molecule has 90 valence electrons. The van der Waals surface area contributed by atoms with E-state index in [1.165, 1.54) is 18.2 Å². The Balaban J connectivity index is 0.00000180. The van der Waals surface area contributed by atoms with Crippen molar-refractivity contribution in [3.05, 3.63) is 59.7 Å². The molecule has 0 aliphatic carbocycles. The van der Waals surface area contributed by atoms with E-state index in [4.69, 9.17) is 5.11 Å². The normalized spacial score (nSPS) is 9.47. The summed E-state index contributed by atoms with van der Waals surface area (Å²) in [7, 11) is 0. The van der Waals surface area contributed by atoms with Crippen molar-refractivity contribution in [1.82, 2.24) is 0 Å². The van der Waals surface area contributed by atoms with E-state index in [1.54, 1.807) is 30.3 Å². The van der Waals surface area contributed by atoms with Gasteiger partial charge in [0.25, 0.3) is 0 Å². The van der Waals surface area contributed by atoms with Crippen LogP contribution in [0.1, 0.15) is 20.7 Å². The number of aromatic carboxylic acids is 2. The van der Waals surface area contributed by atoms with Gasteiger partial charge in [0.05, 0.1) is 11.5 Å². The van der Waals surface area contributed by atoms with Crippen LogP contribution in [0.25, 0.3) is 11.1 Å². The van der Waals surface area contributed by atoms with Crippen molar-refractivity contribution in [2.24, 2.45) is 0 Å². The van der Waals surface area contributed by atoms with E-state index in [1.807, 2.05) is 0 Å². The van der Waals surface area contributed by atoms with Crippen molar-refractivity contribution in [3.8, 4) is 11.1 Å². The van der Waals surface area contributed by atoms with Crippen molar-refractivity contribution < 1.29 is 49.4 Å². The van der Waals surface area contributed by atoms with Crippen LogP contribution < -0.4 is 34.7 Å². The molecule has 0 aliphatic heterocycles. The van der Waals surface area contributed by atoms with Gasteiger partial charge in [-0.05, 0) is 23.3 Å². The van der Waals surface area contributed by atoms with Gasteiger partial charge in [0.1, 0.15) is 0 Å². The summed E-state index contributed by atoms with van der Waals surface area (Å²) in [6.07, 6.45) is 0. The minimum atomic E-state index is -1.26. The third-order valence-electron chi connectivity index (χ3n) is 2.59. The van der Waals surface area contributed by atoms with Gasteiger partial charge in [0.2, 0.25) is 0 Å². The van der Waals surface area contributed by atoms with Gasteiger partial charge >= 0.3 is 35.5 Å². The van der Waals surface area contributed by atoms with Crippen molar-refractivity contribution in [3.63, 3.8) is 0 Å². The third kappa shape index (κ3) is 3.44. The molecule has 5 heteroatoms. The molecule has 2 aromatic carbocycles. The number of benzene rings is 2. The van der Waals surface area contributed by atoms with Gasteiger partial charge in [-0.15, -0.1) is 0 Å². The summed E-state index contributed by atoms with van der Waals surface area (Å²) in [5.41, 5.74) is 1.39. The molecule has 0 saturated heterocycles. The van der Waals surface area contributed by atoms with Crippen LogP contribution in [0.5, 0.6) is 0 Å². The molecule has 2 rings (SSSR count). The Morgan fingerprint density at radius 2 is 1.53 bits per heavy atom. The second kappa shape index (κ2) is 6.52. The van der Waals surface area contributed by atoms with Crippen LogP contribution in [0.3, 0.4) is 0 Å². The Labute approximate surface area is 132 Å². The van der Waals surface area contributed by atoms with E-state index in [2.05, 4.69) is 0 Å². The maximum atomic E-state index is 11.0. The first kappa shape index (κ1) is 15.4. The summed E-state index contributed by atoms with van der Waals surface area (Å²) in [6.45, 7) is 0. The summed E-state index contributed by atoms with van der Waals surface area (Å²) in [5.74, 6) is -2.28. The quantitative estimate of drug-likeness (QED) is 0.679. The third-order valence-corrected chi connectivity index (χ3v) is 2.59. The van der Waals surface area contributed by atoms with Crippen LogP contribution in [-0.2, 0) is 0 Å². The first-order valence-corrected chi connectivity index (χ1v) is 5.23. The molecule has 0 unspecified atom stereocenters. The molecule has 2 aromatic rings. The number of carbonyl (C=O) groups is 2. The number of carboxylic acid groups (broad SMARTS) is 2. The van der Waals surface area contributed by atoms with Crippen molar-refractivity contribution >= 4 is 11.9 Å². The van der Waals surface area contributed by atoms with Gasteiger partial charge in [-0.3, -0.25) is 0 Å². The van der Waals surface area contributed by atoms with E-state index in [-0.39, 0.29) is 40.7 Å². The topological polar surface area (TPSA) is 77.4 Å². The average molecular weight is 264 g/mol. The smallest absolute Gasteiger partial charge is 0.545 e. The Hall–Kier alpha value is -1.62. The summed E-state index contributed by atoms with van der Waals surface area (Å²) >= 11 is 0. The Kier molecular flexibility index (Phi) is 5.30. The first-order valence-electron chi connectivity index (χ1n) is 5.23. The molecule has 0 aliphatic rings. The van der Waals surface area contributed by atoms with Crippen LogP contribution in [0.15, 0.2) is 48.5 Å². The van der Waals surface area contributed by atoms with Gasteiger partial charge in [-0.1, -0.05) is 36.4 Å². The van der Waals surface area contributed by atoms with Gasteiger partial charge in [-0.2, -0.15) is 0 Å².